The summed E-state index contributed by atoms with van der Waals surface area (Å²) in [5.41, 5.74) is 2.49. The van der Waals surface area contributed by atoms with E-state index in [2.05, 4.69) is 20.4 Å². The smallest absolute Gasteiger partial charge is 0.234 e. The number of aromatic nitrogens is 2. The maximum absolute atomic E-state index is 12.9. The Labute approximate surface area is 186 Å². The Hall–Kier alpha value is -2.93. The molecule has 160 valence electrons. The monoisotopic (exact) mass is 436 g/mol. The highest BCUT2D eigenvalue weighted by Gasteiger charge is 2.12. The summed E-state index contributed by atoms with van der Waals surface area (Å²) >= 11 is 1.37. The first-order chi connectivity index (χ1) is 15.2. The molecular weight excluding hydrogens is 411 g/mol. The lowest BCUT2D eigenvalue weighted by atomic mass is 10.1. The van der Waals surface area contributed by atoms with E-state index in [4.69, 9.17) is 0 Å². The molecule has 1 aliphatic rings. The van der Waals surface area contributed by atoms with Crippen molar-refractivity contribution in [2.24, 2.45) is 0 Å². The molecule has 2 aromatic carbocycles. The van der Waals surface area contributed by atoms with Crippen LogP contribution in [0.2, 0.25) is 0 Å². The molecule has 0 atom stereocenters. The van der Waals surface area contributed by atoms with E-state index in [0.717, 1.165) is 40.7 Å². The van der Waals surface area contributed by atoms with Crippen molar-refractivity contribution >= 4 is 29.2 Å². The van der Waals surface area contributed by atoms with Crippen molar-refractivity contribution in [3.63, 3.8) is 0 Å². The predicted molar refractivity (Wildman–Crippen MR) is 124 cm³/mol. The second-order valence-electron chi connectivity index (χ2n) is 7.55. The number of amides is 1. The molecule has 3 aromatic rings. The number of carbonyl (C=O) groups is 1. The highest BCUT2D eigenvalue weighted by atomic mass is 32.2. The molecule has 1 fully saturated rings. The highest BCUT2D eigenvalue weighted by Crippen LogP contribution is 2.23. The number of nitrogens with zero attached hydrogens (tertiary/aromatic N) is 3. The van der Waals surface area contributed by atoms with Gasteiger partial charge in [-0.1, -0.05) is 25.0 Å². The van der Waals surface area contributed by atoms with E-state index in [1.54, 1.807) is 12.1 Å². The van der Waals surface area contributed by atoms with Gasteiger partial charge in [-0.05, 0) is 61.4 Å². The molecule has 1 saturated heterocycles. The Morgan fingerprint density at radius 2 is 1.61 bits per heavy atom. The number of hydrogen-bond donors (Lipinski definition) is 1. The molecule has 0 unspecified atom stereocenters. The summed E-state index contributed by atoms with van der Waals surface area (Å²) in [7, 11) is 0. The van der Waals surface area contributed by atoms with Gasteiger partial charge in [-0.15, -0.1) is 22.0 Å². The minimum absolute atomic E-state index is 0.108. The van der Waals surface area contributed by atoms with Gasteiger partial charge in [0.25, 0.3) is 0 Å². The van der Waals surface area contributed by atoms with Gasteiger partial charge >= 0.3 is 0 Å². The Bertz CT molecular complexity index is 986. The van der Waals surface area contributed by atoms with Crippen LogP contribution in [-0.4, -0.2) is 34.9 Å². The zero-order chi connectivity index (χ0) is 21.5. The summed E-state index contributed by atoms with van der Waals surface area (Å²) in [6.45, 7) is 2.09. The molecule has 1 aromatic heterocycles. The van der Waals surface area contributed by atoms with Gasteiger partial charge in [-0.2, -0.15) is 0 Å². The molecule has 0 radical (unpaired) electrons. The van der Waals surface area contributed by atoms with Crippen molar-refractivity contribution in [1.29, 1.82) is 0 Å². The van der Waals surface area contributed by atoms with Crippen LogP contribution >= 0.6 is 11.8 Å². The average Bonchev–Trinajstić information content (AvgIpc) is 3.09. The average molecular weight is 437 g/mol. The summed E-state index contributed by atoms with van der Waals surface area (Å²) in [4.78, 5) is 15.4. The standard InChI is InChI=1S/C24H25FN4OS/c25-19-7-11-21(12-8-19)31-17-24(30)26-20-9-5-18(6-10-20)22-13-14-23(28-27-22)29-15-3-1-2-4-16-29/h5-14H,1-4,15-17H2,(H,26,30). The molecule has 5 nitrogen and oxygen atoms in total. The van der Waals surface area contributed by atoms with Crippen LogP contribution in [0.15, 0.2) is 65.6 Å². The number of carbonyl (C=O) groups excluding carboxylic acids is 1. The number of nitrogens with one attached hydrogen (secondary N) is 1. The number of halogens is 1. The molecule has 31 heavy (non-hydrogen) atoms. The molecule has 1 N–H and O–H groups in total. The second kappa shape index (κ2) is 10.4. The quantitative estimate of drug-likeness (QED) is 0.525. The van der Waals surface area contributed by atoms with Crippen molar-refractivity contribution in [3.05, 3.63) is 66.5 Å². The minimum atomic E-state index is -0.282. The highest BCUT2D eigenvalue weighted by molar-refractivity contribution is 8.00. The predicted octanol–water partition coefficient (Wildman–Crippen LogP) is 5.39. The molecular formula is C24H25FN4OS. The third-order valence-electron chi connectivity index (χ3n) is 5.23. The Morgan fingerprint density at radius 3 is 2.26 bits per heavy atom. The fourth-order valence-electron chi connectivity index (χ4n) is 3.55. The van der Waals surface area contributed by atoms with Crippen molar-refractivity contribution in [3.8, 4) is 11.3 Å². The third kappa shape index (κ3) is 6.04. The second-order valence-corrected chi connectivity index (χ2v) is 8.59. The van der Waals surface area contributed by atoms with E-state index in [0.29, 0.717) is 0 Å². The number of anilines is 2. The van der Waals surface area contributed by atoms with Gasteiger partial charge in [0.2, 0.25) is 5.91 Å². The molecule has 2 heterocycles. The van der Waals surface area contributed by atoms with Crippen LogP contribution < -0.4 is 10.2 Å². The van der Waals surface area contributed by atoms with Gasteiger partial charge in [-0.25, -0.2) is 4.39 Å². The molecule has 1 aliphatic heterocycles. The largest absolute Gasteiger partial charge is 0.355 e. The molecule has 0 aliphatic carbocycles. The van der Waals surface area contributed by atoms with Crippen molar-refractivity contribution in [2.45, 2.75) is 30.6 Å². The van der Waals surface area contributed by atoms with E-state index >= 15 is 0 Å². The van der Waals surface area contributed by atoms with Crippen molar-refractivity contribution in [2.75, 3.05) is 29.1 Å². The zero-order valence-electron chi connectivity index (χ0n) is 17.3. The van der Waals surface area contributed by atoms with E-state index < -0.39 is 0 Å². The summed E-state index contributed by atoms with van der Waals surface area (Å²) in [6, 6.07) is 17.7. The molecule has 7 heteroatoms. The van der Waals surface area contributed by atoms with Gasteiger partial charge < -0.3 is 10.2 Å². The van der Waals surface area contributed by atoms with Gasteiger partial charge in [0.1, 0.15) is 5.82 Å². The first-order valence-corrected chi connectivity index (χ1v) is 11.5. The minimum Gasteiger partial charge on any atom is -0.355 e. The molecule has 0 bridgehead atoms. The fourth-order valence-corrected chi connectivity index (χ4v) is 4.25. The van der Waals surface area contributed by atoms with Crippen molar-refractivity contribution < 1.29 is 9.18 Å². The number of hydrogen-bond acceptors (Lipinski definition) is 5. The van der Waals surface area contributed by atoms with Crippen LogP contribution in [0.4, 0.5) is 15.9 Å². The summed E-state index contributed by atoms with van der Waals surface area (Å²) in [6.07, 6.45) is 4.99. The lowest BCUT2D eigenvalue weighted by molar-refractivity contribution is -0.113. The summed E-state index contributed by atoms with van der Waals surface area (Å²) in [5, 5.41) is 11.7. The van der Waals surface area contributed by atoms with Crippen LogP contribution in [0.5, 0.6) is 0 Å². The topological polar surface area (TPSA) is 58.1 Å². The maximum Gasteiger partial charge on any atom is 0.234 e. The van der Waals surface area contributed by atoms with E-state index in [1.165, 1.54) is 49.6 Å². The maximum atomic E-state index is 12.9. The summed E-state index contributed by atoms with van der Waals surface area (Å²) in [5.74, 6) is 0.809. The Kier molecular flexibility index (Phi) is 7.14. The van der Waals surface area contributed by atoms with Crippen LogP contribution in [0.25, 0.3) is 11.3 Å². The van der Waals surface area contributed by atoms with Crippen LogP contribution in [0.1, 0.15) is 25.7 Å². The van der Waals surface area contributed by atoms with E-state index in [-0.39, 0.29) is 17.5 Å². The van der Waals surface area contributed by atoms with E-state index in [1.807, 2.05) is 36.4 Å². The lowest BCUT2D eigenvalue weighted by Gasteiger charge is -2.20. The van der Waals surface area contributed by atoms with Crippen molar-refractivity contribution in [1.82, 2.24) is 10.2 Å². The number of thioether (sulfide) groups is 1. The fraction of sp³-hybridized carbons (Fsp3) is 0.292. The normalized spacial score (nSPS) is 14.2. The third-order valence-corrected chi connectivity index (χ3v) is 6.24. The van der Waals surface area contributed by atoms with Crippen LogP contribution in [0.3, 0.4) is 0 Å². The molecule has 1 amide bonds. The first-order valence-electron chi connectivity index (χ1n) is 10.5. The van der Waals surface area contributed by atoms with Crippen LogP contribution in [-0.2, 0) is 4.79 Å². The Morgan fingerprint density at radius 1 is 0.903 bits per heavy atom. The number of rotatable bonds is 6. The SMILES string of the molecule is O=C(CSc1ccc(F)cc1)Nc1ccc(-c2ccc(N3CCCCCC3)nn2)cc1. The lowest BCUT2D eigenvalue weighted by Crippen LogP contribution is -2.25. The molecule has 0 saturated carbocycles. The van der Waals surface area contributed by atoms with Gasteiger partial charge in [-0.3, -0.25) is 4.79 Å². The van der Waals surface area contributed by atoms with E-state index in [9.17, 15) is 9.18 Å². The first kappa shape index (κ1) is 21.3. The summed E-state index contributed by atoms with van der Waals surface area (Å²) < 4.78 is 12.9. The molecule has 0 spiro atoms. The van der Waals surface area contributed by atoms with Gasteiger partial charge in [0.05, 0.1) is 11.4 Å². The zero-order valence-corrected chi connectivity index (χ0v) is 18.1. The van der Waals surface area contributed by atoms with Gasteiger partial charge in [0, 0.05) is 29.2 Å². The van der Waals surface area contributed by atoms with Gasteiger partial charge in [0.15, 0.2) is 5.82 Å². The Balaban J connectivity index is 1.32. The van der Waals surface area contributed by atoms with Crippen LogP contribution in [0, 0.1) is 5.82 Å². The number of benzene rings is 2. The molecule has 4 rings (SSSR count).